The molecule has 0 spiro atoms. The molecule has 0 fully saturated rings. The average molecular weight is 592 g/mol. The summed E-state index contributed by atoms with van der Waals surface area (Å²) in [7, 11) is 3.10. The molecule has 0 aliphatic heterocycles. The number of carbonyl (C=O) groups excluding carboxylic acids is 1. The number of carbonyl (C=O) groups is 1. The molecule has 10 nitrogen and oxygen atoms in total. The van der Waals surface area contributed by atoms with E-state index in [4.69, 9.17) is 14.3 Å². The van der Waals surface area contributed by atoms with Gasteiger partial charge in [0.1, 0.15) is 0 Å². The number of hydrogen-bond donors (Lipinski definition) is 1. The highest BCUT2D eigenvalue weighted by molar-refractivity contribution is 5.95. The lowest BCUT2D eigenvalue weighted by Gasteiger charge is -2.24. The molecule has 1 aromatic heterocycles. The number of aromatic hydroxyl groups is 1. The van der Waals surface area contributed by atoms with Crippen LogP contribution in [-0.2, 0) is 29.4 Å². The molecule has 1 amide bonds. The summed E-state index contributed by atoms with van der Waals surface area (Å²) in [5.74, 6) is 0.399. The van der Waals surface area contributed by atoms with Gasteiger partial charge in [-0.15, -0.1) is 10.2 Å². The molecule has 5 aromatic rings. The number of oxime groups is 1. The Balaban J connectivity index is 1.31. The van der Waals surface area contributed by atoms with Gasteiger partial charge in [-0.1, -0.05) is 84.0 Å². The average Bonchev–Trinajstić information content (AvgIpc) is 3.32. The van der Waals surface area contributed by atoms with E-state index in [1.165, 1.54) is 6.21 Å². The van der Waals surface area contributed by atoms with Crippen LogP contribution >= 0.6 is 0 Å². The van der Waals surface area contributed by atoms with Gasteiger partial charge in [0.2, 0.25) is 5.88 Å². The van der Waals surface area contributed by atoms with Crippen LogP contribution in [0, 0.1) is 0 Å². The van der Waals surface area contributed by atoms with E-state index in [0.717, 1.165) is 16.6 Å². The zero-order valence-electron chi connectivity index (χ0n) is 24.5. The van der Waals surface area contributed by atoms with Crippen molar-refractivity contribution >= 4 is 28.7 Å². The van der Waals surface area contributed by atoms with Crippen LogP contribution in [0.5, 0.6) is 17.4 Å². The Bertz CT molecular complexity index is 1710. The van der Waals surface area contributed by atoms with Crippen LogP contribution in [0.15, 0.2) is 119 Å². The second-order valence-electron chi connectivity index (χ2n) is 9.93. The largest absolute Gasteiger partial charge is 0.493 e. The molecule has 0 unspecified atom stereocenters. The van der Waals surface area contributed by atoms with Crippen LogP contribution in [0.4, 0.5) is 5.69 Å². The Labute approximate surface area is 255 Å². The normalized spacial score (nSPS) is 11.5. The predicted molar refractivity (Wildman–Crippen MR) is 168 cm³/mol. The minimum Gasteiger partial charge on any atom is -0.493 e. The lowest BCUT2D eigenvalue weighted by atomic mass is 10.2. The second-order valence-corrected chi connectivity index (χ2v) is 9.93. The molecular weight excluding hydrogens is 558 g/mol. The van der Waals surface area contributed by atoms with E-state index in [1.807, 2.05) is 60.7 Å². The molecule has 0 aliphatic rings. The molecule has 0 atom stereocenters. The molecule has 0 radical (unpaired) electrons. The van der Waals surface area contributed by atoms with Gasteiger partial charge in [0.25, 0.3) is 0 Å². The van der Waals surface area contributed by atoms with Crippen LogP contribution in [0.3, 0.4) is 0 Å². The fourth-order valence-electron chi connectivity index (χ4n) is 4.81. The van der Waals surface area contributed by atoms with Crippen LogP contribution < -0.4 is 9.47 Å². The van der Waals surface area contributed by atoms with Crippen molar-refractivity contribution in [1.82, 2.24) is 9.47 Å². The highest BCUT2D eigenvalue weighted by Gasteiger charge is 2.19. The van der Waals surface area contributed by atoms with E-state index in [0.29, 0.717) is 42.2 Å². The van der Waals surface area contributed by atoms with Crippen molar-refractivity contribution in [3.05, 3.63) is 120 Å². The van der Waals surface area contributed by atoms with Crippen molar-refractivity contribution in [2.24, 2.45) is 15.4 Å². The number of hydrogen-bond acceptors (Lipinski definition) is 8. The van der Waals surface area contributed by atoms with Crippen LogP contribution in [0.25, 0.3) is 10.9 Å². The molecule has 0 saturated heterocycles. The number of benzene rings is 4. The van der Waals surface area contributed by atoms with E-state index in [1.54, 1.807) is 37.0 Å². The standard InChI is InChI=1S/C34H33N5O5/c1-42-30-18-17-27(19-31(30)43-2)20-35-44-23-32(40)36-37-33-28-15-9-10-16-29(28)39(34(33)41)24-38(21-25-11-5-3-6-12-25)22-26-13-7-4-8-14-26/h3-20,41H,21-24H2,1-2H3/b35-20+,37-36?. The number of para-hydroxylation sites is 1. The minimum absolute atomic E-state index is 0.0822. The van der Waals surface area contributed by atoms with Gasteiger partial charge < -0.3 is 19.4 Å². The monoisotopic (exact) mass is 591 g/mol. The van der Waals surface area contributed by atoms with Crippen molar-refractivity contribution in [1.29, 1.82) is 0 Å². The zero-order chi connectivity index (χ0) is 30.7. The number of amides is 1. The lowest BCUT2D eigenvalue weighted by Crippen LogP contribution is -2.25. The Hall–Kier alpha value is -5.48. The molecule has 1 heterocycles. The van der Waals surface area contributed by atoms with Gasteiger partial charge in [0.15, 0.2) is 23.8 Å². The summed E-state index contributed by atoms with van der Waals surface area (Å²) in [6.07, 6.45) is 1.45. The maximum atomic E-state index is 12.5. The SMILES string of the molecule is COc1ccc(/C=N/OCC(=O)N=Nc2c(O)n(CN(Cc3ccccc3)Cc3ccccc3)c3ccccc23)cc1OC. The van der Waals surface area contributed by atoms with Crippen molar-refractivity contribution in [3.8, 4) is 17.4 Å². The van der Waals surface area contributed by atoms with Crippen LogP contribution in [0.1, 0.15) is 16.7 Å². The fraction of sp³-hybridized carbons (Fsp3) is 0.176. The van der Waals surface area contributed by atoms with E-state index < -0.39 is 12.5 Å². The summed E-state index contributed by atoms with van der Waals surface area (Å²) in [5.41, 5.74) is 3.98. The van der Waals surface area contributed by atoms with Crippen molar-refractivity contribution in [2.75, 3.05) is 20.8 Å². The molecular formula is C34H33N5O5. The third-order valence-electron chi connectivity index (χ3n) is 6.89. The summed E-state index contributed by atoms with van der Waals surface area (Å²) in [5, 5.41) is 23.8. The summed E-state index contributed by atoms with van der Waals surface area (Å²) in [6, 6.07) is 33.1. The number of fused-ring (bicyclic) bond motifs is 1. The highest BCUT2D eigenvalue weighted by Crippen LogP contribution is 2.39. The van der Waals surface area contributed by atoms with Crippen molar-refractivity contribution in [2.45, 2.75) is 19.8 Å². The molecule has 4 aromatic carbocycles. The molecule has 5 rings (SSSR count). The molecule has 10 heteroatoms. The zero-order valence-corrected chi connectivity index (χ0v) is 24.5. The Morgan fingerprint density at radius 3 is 2.14 bits per heavy atom. The minimum atomic E-state index is -0.652. The summed E-state index contributed by atoms with van der Waals surface area (Å²) >= 11 is 0. The first-order valence-electron chi connectivity index (χ1n) is 14.0. The van der Waals surface area contributed by atoms with Crippen molar-refractivity contribution in [3.63, 3.8) is 0 Å². The highest BCUT2D eigenvalue weighted by atomic mass is 16.6. The van der Waals surface area contributed by atoms with Gasteiger partial charge in [-0.3, -0.25) is 14.3 Å². The second kappa shape index (κ2) is 14.6. The van der Waals surface area contributed by atoms with E-state index in [-0.39, 0.29) is 11.6 Å². The van der Waals surface area contributed by atoms with Gasteiger partial charge in [0.05, 0.1) is 32.6 Å². The van der Waals surface area contributed by atoms with E-state index in [9.17, 15) is 9.90 Å². The lowest BCUT2D eigenvalue weighted by molar-refractivity contribution is -0.122. The van der Waals surface area contributed by atoms with Gasteiger partial charge >= 0.3 is 5.91 Å². The third kappa shape index (κ3) is 7.47. The first kappa shape index (κ1) is 30.0. The number of rotatable bonds is 13. The number of nitrogens with zero attached hydrogens (tertiary/aromatic N) is 5. The Morgan fingerprint density at radius 1 is 0.841 bits per heavy atom. The maximum Gasteiger partial charge on any atom is 0.304 e. The molecule has 44 heavy (non-hydrogen) atoms. The molecule has 224 valence electrons. The summed E-state index contributed by atoms with van der Waals surface area (Å²) in [6.45, 7) is 1.29. The van der Waals surface area contributed by atoms with Gasteiger partial charge in [-0.25, -0.2) is 0 Å². The smallest absolute Gasteiger partial charge is 0.304 e. The van der Waals surface area contributed by atoms with E-state index in [2.05, 4.69) is 44.5 Å². The first-order valence-corrected chi connectivity index (χ1v) is 14.0. The van der Waals surface area contributed by atoms with Crippen molar-refractivity contribution < 1.29 is 24.2 Å². The Morgan fingerprint density at radius 2 is 1.48 bits per heavy atom. The Kier molecular flexibility index (Phi) is 9.96. The van der Waals surface area contributed by atoms with E-state index >= 15 is 0 Å². The summed E-state index contributed by atoms with van der Waals surface area (Å²) < 4.78 is 12.3. The number of methoxy groups -OCH3 is 2. The number of ether oxygens (including phenoxy) is 2. The van der Waals surface area contributed by atoms with Gasteiger partial charge in [-0.05, 0) is 35.4 Å². The molecule has 0 bridgehead atoms. The quantitative estimate of drug-likeness (QED) is 0.0929. The van der Waals surface area contributed by atoms with Crippen LogP contribution in [-0.4, -0.2) is 47.5 Å². The predicted octanol–water partition coefficient (Wildman–Crippen LogP) is 6.69. The third-order valence-corrected chi connectivity index (χ3v) is 6.89. The van der Waals surface area contributed by atoms with Gasteiger partial charge in [0, 0.05) is 24.0 Å². The molecule has 0 saturated carbocycles. The number of azo groups is 1. The topological polar surface area (TPSA) is 110 Å². The van der Waals surface area contributed by atoms with Gasteiger partial charge in [-0.2, -0.15) is 0 Å². The maximum absolute atomic E-state index is 12.5. The summed E-state index contributed by atoms with van der Waals surface area (Å²) in [4.78, 5) is 19.8. The van der Waals surface area contributed by atoms with Crippen LogP contribution in [0.2, 0.25) is 0 Å². The molecule has 1 N–H and O–H groups in total. The molecule has 0 aliphatic carbocycles. The fourth-order valence-corrected chi connectivity index (χ4v) is 4.81. The number of aromatic nitrogens is 1. The first-order chi connectivity index (χ1) is 21.6.